The van der Waals surface area contributed by atoms with Crippen molar-refractivity contribution >= 4 is 47.3 Å². The number of benzene rings is 1. The average molecular weight is 390 g/mol. The molecule has 8 heteroatoms. The molecule has 2 N–H and O–H groups in total. The number of hydrogen-bond acceptors (Lipinski definition) is 3. The number of amides is 1. The highest BCUT2D eigenvalue weighted by Crippen LogP contribution is 2.27. The molecule has 3 rings (SSSR count). The number of halogens is 3. The molecule has 0 spiro atoms. The van der Waals surface area contributed by atoms with E-state index < -0.39 is 0 Å². The van der Waals surface area contributed by atoms with Crippen molar-refractivity contribution < 1.29 is 4.79 Å². The van der Waals surface area contributed by atoms with Crippen molar-refractivity contribution in [2.45, 2.75) is 19.4 Å². The van der Waals surface area contributed by atoms with Crippen LogP contribution < -0.4 is 10.6 Å². The molecule has 5 nitrogen and oxygen atoms in total. The zero-order valence-corrected chi connectivity index (χ0v) is 15.3. The second kappa shape index (κ2) is 8.72. The normalized spacial score (nSPS) is 13.4. The molecule has 0 bridgehead atoms. The van der Waals surface area contributed by atoms with Crippen LogP contribution in [0.25, 0.3) is 0 Å². The van der Waals surface area contributed by atoms with Crippen LogP contribution in [-0.4, -0.2) is 28.8 Å². The van der Waals surface area contributed by atoms with Gasteiger partial charge in [0.15, 0.2) is 0 Å². The Kier molecular flexibility index (Phi) is 6.92. The Hall–Kier alpha value is -1.27. The molecule has 1 saturated carbocycles. The van der Waals surface area contributed by atoms with Gasteiger partial charge in [0.05, 0.1) is 29.3 Å². The lowest BCUT2D eigenvalue weighted by molar-refractivity contribution is -0.115. The zero-order chi connectivity index (χ0) is 16.2. The summed E-state index contributed by atoms with van der Waals surface area (Å²) in [6.07, 6.45) is 4.18. The van der Waals surface area contributed by atoms with Gasteiger partial charge in [-0.25, -0.2) is 4.68 Å². The number of anilines is 1. The number of nitrogens with zero attached hydrogens (tertiary/aromatic N) is 2. The van der Waals surface area contributed by atoms with Gasteiger partial charge >= 0.3 is 0 Å². The van der Waals surface area contributed by atoms with Crippen LogP contribution in [0, 0.1) is 5.92 Å². The molecular weight excluding hydrogens is 371 g/mol. The summed E-state index contributed by atoms with van der Waals surface area (Å²) >= 11 is 12.2. The van der Waals surface area contributed by atoms with Crippen LogP contribution in [-0.2, 0) is 11.3 Å². The summed E-state index contributed by atoms with van der Waals surface area (Å²) in [6.45, 7) is 1.65. The van der Waals surface area contributed by atoms with E-state index in [0.717, 1.165) is 18.0 Å². The van der Waals surface area contributed by atoms with E-state index in [1.807, 2.05) is 12.1 Å². The number of carbonyl (C=O) groups excluding carboxylic acids is 1. The maximum atomic E-state index is 12.0. The van der Waals surface area contributed by atoms with Gasteiger partial charge in [0.25, 0.3) is 0 Å². The van der Waals surface area contributed by atoms with Gasteiger partial charge in [-0.2, -0.15) is 5.10 Å². The third-order valence-corrected chi connectivity index (χ3v) is 4.61. The van der Waals surface area contributed by atoms with Gasteiger partial charge in [-0.15, -0.1) is 12.4 Å². The minimum absolute atomic E-state index is 0. The van der Waals surface area contributed by atoms with Gasteiger partial charge in [-0.1, -0.05) is 35.3 Å². The number of rotatable bonds is 7. The molecule has 0 radical (unpaired) electrons. The zero-order valence-electron chi connectivity index (χ0n) is 13.0. The summed E-state index contributed by atoms with van der Waals surface area (Å²) in [5.74, 6) is 1.31. The number of aromatic nitrogens is 2. The molecular formula is C16H19Cl3N4O. The lowest BCUT2D eigenvalue weighted by Gasteiger charge is -2.11. The van der Waals surface area contributed by atoms with Gasteiger partial charge in [0, 0.05) is 6.07 Å². The highest BCUT2D eigenvalue weighted by atomic mass is 35.5. The Morgan fingerprint density at radius 3 is 2.83 bits per heavy atom. The Labute approximate surface area is 157 Å². The lowest BCUT2D eigenvalue weighted by Crippen LogP contribution is -2.30. The van der Waals surface area contributed by atoms with E-state index in [9.17, 15) is 4.79 Å². The Balaban J connectivity index is 0.00000208. The third kappa shape index (κ3) is 5.11. The SMILES string of the molecule is Cl.O=C(CNCC1CC1)Nc1ccnn1Cc1cccc(Cl)c1Cl. The van der Waals surface area contributed by atoms with Crippen LogP contribution in [0.1, 0.15) is 18.4 Å². The summed E-state index contributed by atoms with van der Waals surface area (Å²) in [4.78, 5) is 12.0. The molecule has 0 saturated heterocycles. The predicted molar refractivity (Wildman–Crippen MR) is 99.3 cm³/mol. The van der Waals surface area contributed by atoms with E-state index in [1.165, 1.54) is 12.8 Å². The van der Waals surface area contributed by atoms with E-state index in [0.29, 0.717) is 29.0 Å². The summed E-state index contributed by atoms with van der Waals surface area (Å²) in [5.41, 5.74) is 0.852. The van der Waals surface area contributed by atoms with Crippen LogP contribution in [0.15, 0.2) is 30.5 Å². The van der Waals surface area contributed by atoms with Crippen molar-refractivity contribution in [3.63, 3.8) is 0 Å². The smallest absolute Gasteiger partial charge is 0.239 e. The fourth-order valence-corrected chi connectivity index (χ4v) is 2.68. The first-order valence-corrected chi connectivity index (χ1v) is 8.34. The van der Waals surface area contributed by atoms with Gasteiger partial charge in [0.2, 0.25) is 5.91 Å². The van der Waals surface area contributed by atoms with Crippen LogP contribution in [0.4, 0.5) is 5.82 Å². The van der Waals surface area contributed by atoms with Crippen LogP contribution in [0.3, 0.4) is 0 Å². The van der Waals surface area contributed by atoms with E-state index in [4.69, 9.17) is 23.2 Å². The summed E-state index contributed by atoms with van der Waals surface area (Å²) in [6, 6.07) is 7.23. The summed E-state index contributed by atoms with van der Waals surface area (Å²) in [5, 5.41) is 11.3. The predicted octanol–water partition coefficient (Wildman–Crippen LogP) is 3.60. The minimum atomic E-state index is -0.0791. The van der Waals surface area contributed by atoms with Gasteiger partial charge < -0.3 is 10.6 Å². The first-order valence-electron chi connectivity index (χ1n) is 7.59. The second-order valence-corrected chi connectivity index (χ2v) is 6.49. The molecule has 0 unspecified atom stereocenters. The maximum absolute atomic E-state index is 12.0. The fraction of sp³-hybridized carbons (Fsp3) is 0.375. The van der Waals surface area contributed by atoms with Crippen molar-refractivity contribution in [3.05, 3.63) is 46.1 Å². The van der Waals surface area contributed by atoms with E-state index in [1.54, 1.807) is 23.0 Å². The van der Waals surface area contributed by atoms with Crippen molar-refractivity contribution in [3.8, 4) is 0 Å². The minimum Gasteiger partial charge on any atom is -0.310 e. The molecule has 1 aromatic carbocycles. The second-order valence-electron chi connectivity index (χ2n) is 5.71. The molecule has 0 aliphatic heterocycles. The maximum Gasteiger partial charge on any atom is 0.239 e. The topological polar surface area (TPSA) is 59.0 Å². The molecule has 2 aromatic rings. The number of hydrogen-bond donors (Lipinski definition) is 2. The first kappa shape index (κ1) is 19.1. The summed E-state index contributed by atoms with van der Waals surface area (Å²) in [7, 11) is 0. The van der Waals surface area contributed by atoms with Crippen molar-refractivity contribution in [1.82, 2.24) is 15.1 Å². The van der Waals surface area contributed by atoms with E-state index >= 15 is 0 Å². The van der Waals surface area contributed by atoms with Crippen LogP contribution in [0.2, 0.25) is 10.0 Å². The molecule has 1 aromatic heterocycles. The van der Waals surface area contributed by atoms with Crippen LogP contribution in [0.5, 0.6) is 0 Å². The van der Waals surface area contributed by atoms with E-state index in [-0.39, 0.29) is 18.3 Å². The highest BCUT2D eigenvalue weighted by molar-refractivity contribution is 6.42. The average Bonchev–Trinajstić information content (AvgIpc) is 3.25. The third-order valence-electron chi connectivity index (χ3n) is 3.75. The first-order chi connectivity index (χ1) is 11.1. The number of carbonyl (C=O) groups is 1. The van der Waals surface area contributed by atoms with E-state index in [2.05, 4.69) is 15.7 Å². The van der Waals surface area contributed by atoms with Crippen molar-refractivity contribution in [2.75, 3.05) is 18.4 Å². The molecule has 130 valence electrons. The molecule has 24 heavy (non-hydrogen) atoms. The standard InChI is InChI=1S/C16H18Cl2N4O.ClH/c17-13-3-1-2-12(16(13)18)10-22-14(6-7-20-22)21-15(23)9-19-8-11-4-5-11;/h1-3,6-7,11,19H,4-5,8-10H2,(H,21,23);1H. The Bertz CT molecular complexity index is 700. The lowest BCUT2D eigenvalue weighted by atomic mass is 10.2. The Morgan fingerprint density at radius 2 is 2.08 bits per heavy atom. The van der Waals surface area contributed by atoms with Gasteiger partial charge in [-0.05, 0) is 36.9 Å². The molecule has 1 amide bonds. The molecule has 1 heterocycles. The molecule has 1 fully saturated rings. The molecule has 1 aliphatic carbocycles. The fourth-order valence-electron chi connectivity index (χ4n) is 2.30. The van der Waals surface area contributed by atoms with Crippen molar-refractivity contribution in [1.29, 1.82) is 0 Å². The Morgan fingerprint density at radius 1 is 1.29 bits per heavy atom. The highest BCUT2D eigenvalue weighted by Gasteiger charge is 2.20. The largest absolute Gasteiger partial charge is 0.310 e. The van der Waals surface area contributed by atoms with Gasteiger partial charge in [0.1, 0.15) is 5.82 Å². The van der Waals surface area contributed by atoms with Crippen molar-refractivity contribution in [2.24, 2.45) is 5.92 Å². The monoisotopic (exact) mass is 388 g/mol. The summed E-state index contributed by atoms with van der Waals surface area (Å²) < 4.78 is 1.69. The number of nitrogens with one attached hydrogen (secondary N) is 2. The molecule has 1 aliphatic rings. The van der Waals surface area contributed by atoms with Gasteiger partial charge in [-0.3, -0.25) is 4.79 Å². The molecule has 0 atom stereocenters. The quantitative estimate of drug-likeness (QED) is 0.760. The van der Waals surface area contributed by atoms with Crippen LogP contribution >= 0.6 is 35.6 Å².